The molecule has 0 saturated carbocycles. The van der Waals surface area contributed by atoms with Crippen LogP contribution in [0.15, 0.2) is 42.6 Å². The number of hydrogen-bond acceptors (Lipinski definition) is 4. The number of anilines is 1. The number of carbonyl (C=O) groups is 1. The lowest BCUT2D eigenvalue weighted by atomic mass is 9.91. The molecule has 0 radical (unpaired) electrons. The maximum atomic E-state index is 12.8. The van der Waals surface area contributed by atoms with Crippen LogP contribution < -0.4 is 10.6 Å². The third kappa shape index (κ3) is 3.96. The first-order valence-electron chi connectivity index (χ1n) is 10.1. The number of rotatable bonds is 2. The summed E-state index contributed by atoms with van der Waals surface area (Å²) in [6.45, 7) is 7.43. The Morgan fingerprint density at radius 3 is 2.83 bits per heavy atom. The highest BCUT2D eigenvalue weighted by atomic mass is 16.5. The summed E-state index contributed by atoms with van der Waals surface area (Å²) in [5.74, 6) is 0.534. The van der Waals surface area contributed by atoms with Gasteiger partial charge in [-0.3, -0.25) is 10.00 Å². The molecule has 1 aliphatic rings. The molecule has 0 spiro atoms. The number of nitrogens with zero attached hydrogens (tertiary/aromatic N) is 3. The van der Waals surface area contributed by atoms with Gasteiger partial charge in [-0.15, -0.1) is 0 Å². The first kappa shape index (κ1) is 19.4. The van der Waals surface area contributed by atoms with Crippen LogP contribution in [0, 0.1) is 0 Å². The topological polar surface area (TPSA) is 81.1 Å². The van der Waals surface area contributed by atoms with Crippen molar-refractivity contribution in [3.05, 3.63) is 53.9 Å². The summed E-state index contributed by atoms with van der Waals surface area (Å²) < 4.78 is 8.19. The highest BCUT2D eigenvalue weighted by Gasteiger charge is 2.33. The SMILES string of the molecule is CCn1ncc2cc3nc(c21)CCCOC(C)(C)C(c1ccccc1)NC(=O)N3. The summed E-state index contributed by atoms with van der Waals surface area (Å²) in [6, 6.07) is 11.2. The van der Waals surface area contributed by atoms with Gasteiger partial charge in [0.1, 0.15) is 5.82 Å². The van der Waals surface area contributed by atoms with Crippen molar-refractivity contribution in [2.24, 2.45) is 0 Å². The summed E-state index contributed by atoms with van der Waals surface area (Å²) in [7, 11) is 0. The number of aryl methyl sites for hydroxylation is 2. The van der Waals surface area contributed by atoms with Crippen LogP contribution >= 0.6 is 0 Å². The number of pyridine rings is 1. The van der Waals surface area contributed by atoms with E-state index in [1.807, 2.05) is 61.1 Å². The van der Waals surface area contributed by atoms with Gasteiger partial charge in [0.05, 0.1) is 29.1 Å². The van der Waals surface area contributed by atoms with E-state index >= 15 is 0 Å². The summed E-state index contributed by atoms with van der Waals surface area (Å²) in [4.78, 5) is 17.5. The van der Waals surface area contributed by atoms with E-state index in [1.54, 1.807) is 0 Å². The molecule has 0 saturated heterocycles. The van der Waals surface area contributed by atoms with E-state index in [-0.39, 0.29) is 12.1 Å². The summed E-state index contributed by atoms with van der Waals surface area (Å²) in [5.41, 5.74) is 2.38. The zero-order chi connectivity index (χ0) is 20.4. The third-order valence-electron chi connectivity index (χ3n) is 5.37. The van der Waals surface area contributed by atoms with Crippen LogP contribution in [0.4, 0.5) is 10.6 Å². The van der Waals surface area contributed by atoms with E-state index in [0.717, 1.165) is 41.5 Å². The van der Waals surface area contributed by atoms with Gasteiger partial charge in [0.15, 0.2) is 0 Å². The van der Waals surface area contributed by atoms with E-state index in [9.17, 15) is 4.79 Å². The van der Waals surface area contributed by atoms with E-state index in [0.29, 0.717) is 12.4 Å². The summed E-state index contributed by atoms with van der Waals surface area (Å²) in [5, 5.41) is 11.4. The zero-order valence-corrected chi connectivity index (χ0v) is 17.1. The fourth-order valence-corrected chi connectivity index (χ4v) is 3.92. The number of nitrogens with one attached hydrogen (secondary N) is 2. The maximum absolute atomic E-state index is 12.8. The monoisotopic (exact) mass is 393 g/mol. The second-order valence-corrected chi connectivity index (χ2v) is 7.85. The van der Waals surface area contributed by atoms with Crippen LogP contribution in [-0.4, -0.2) is 33.0 Å². The van der Waals surface area contributed by atoms with E-state index in [1.165, 1.54) is 0 Å². The van der Waals surface area contributed by atoms with Gasteiger partial charge >= 0.3 is 6.03 Å². The fraction of sp³-hybridized carbons (Fsp3) is 0.409. The predicted molar refractivity (Wildman–Crippen MR) is 113 cm³/mol. The van der Waals surface area contributed by atoms with E-state index in [4.69, 9.17) is 9.72 Å². The van der Waals surface area contributed by atoms with Crippen LogP contribution in [0.3, 0.4) is 0 Å². The Bertz CT molecular complexity index is 1010. The standard InChI is InChI=1S/C22H27N5O2/c1-4-27-19-16(14-23-27)13-18-24-17(19)11-8-12-29-22(2,3)20(26-21(28)25-18)15-9-6-5-7-10-15/h5-7,9-10,13-14,20H,4,8,11-12H2,1-3H3,(H2,24,25,26,28). The van der Waals surface area contributed by atoms with Gasteiger partial charge in [0, 0.05) is 18.5 Å². The Balaban J connectivity index is 1.71. The molecule has 3 aromatic rings. The molecule has 7 heteroatoms. The number of carbonyl (C=O) groups excluding carboxylic acids is 1. The van der Waals surface area contributed by atoms with Crippen LogP contribution in [0.25, 0.3) is 10.9 Å². The number of aromatic nitrogens is 3. The highest BCUT2D eigenvalue weighted by Crippen LogP contribution is 2.30. The van der Waals surface area contributed by atoms with Crippen molar-refractivity contribution in [2.45, 2.75) is 51.8 Å². The smallest absolute Gasteiger partial charge is 0.320 e. The second-order valence-electron chi connectivity index (χ2n) is 7.85. The zero-order valence-electron chi connectivity index (χ0n) is 17.1. The molecule has 2 N–H and O–H groups in total. The molecule has 4 rings (SSSR count). The number of amides is 2. The number of benzene rings is 1. The molecule has 2 amide bonds. The number of ether oxygens (including phenoxy) is 1. The maximum Gasteiger partial charge on any atom is 0.320 e. The largest absolute Gasteiger partial charge is 0.373 e. The van der Waals surface area contributed by atoms with Crippen molar-refractivity contribution in [2.75, 3.05) is 11.9 Å². The molecule has 0 fully saturated rings. The van der Waals surface area contributed by atoms with Gasteiger partial charge in [-0.25, -0.2) is 9.78 Å². The van der Waals surface area contributed by atoms with Crippen molar-refractivity contribution in [3.63, 3.8) is 0 Å². The molecule has 29 heavy (non-hydrogen) atoms. The van der Waals surface area contributed by atoms with Gasteiger partial charge < -0.3 is 10.1 Å². The molecule has 1 unspecified atom stereocenters. The molecule has 0 aliphatic carbocycles. The molecule has 1 atom stereocenters. The second kappa shape index (κ2) is 7.83. The quantitative estimate of drug-likeness (QED) is 0.688. The van der Waals surface area contributed by atoms with Crippen LogP contribution in [-0.2, 0) is 17.7 Å². The Morgan fingerprint density at radius 1 is 1.28 bits per heavy atom. The van der Waals surface area contributed by atoms with Crippen molar-refractivity contribution < 1.29 is 9.53 Å². The van der Waals surface area contributed by atoms with Gasteiger partial charge in [-0.1, -0.05) is 30.3 Å². The molecule has 2 bridgehead atoms. The van der Waals surface area contributed by atoms with Gasteiger partial charge in [0.25, 0.3) is 0 Å². The van der Waals surface area contributed by atoms with Crippen LogP contribution in [0.5, 0.6) is 0 Å². The first-order chi connectivity index (χ1) is 14.0. The molecular formula is C22H27N5O2. The van der Waals surface area contributed by atoms with E-state index < -0.39 is 5.60 Å². The number of urea groups is 1. The molecule has 3 heterocycles. The third-order valence-corrected chi connectivity index (χ3v) is 5.37. The average Bonchev–Trinajstić information content (AvgIpc) is 3.12. The molecule has 1 aliphatic heterocycles. The summed E-state index contributed by atoms with van der Waals surface area (Å²) >= 11 is 0. The lowest BCUT2D eigenvalue weighted by molar-refractivity contribution is -0.0434. The minimum atomic E-state index is -0.570. The minimum absolute atomic E-state index is 0.297. The lowest BCUT2D eigenvalue weighted by Crippen LogP contribution is -2.46. The normalized spacial score (nSPS) is 19.7. The van der Waals surface area contributed by atoms with Gasteiger partial charge in [0.2, 0.25) is 0 Å². The Hall–Kier alpha value is -2.93. The first-order valence-corrected chi connectivity index (χ1v) is 10.1. The number of fused-ring (bicyclic) bond motifs is 4. The van der Waals surface area contributed by atoms with Crippen molar-refractivity contribution in [3.8, 4) is 0 Å². The highest BCUT2D eigenvalue weighted by molar-refractivity contribution is 5.92. The van der Waals surface area contributed by atoms with Crippen LogP contribution in [0.1, 0.15) is 44.5 Å². The van der Waals surface area contributed by atoms with Crippen LogP contribution in [0.2, 0.25) is 0 Å². The Kier molecular flexibility index (Phi) is 5.24. The molecular weight excluding hydrogens is 366 g/mol. The average molecular weight is 393 g/mol. The summed E-state index contributed by atoms with van der Waals surface area (Å²) in [6.07, 6.45) is 3.41. The van der Waals surface area contributed by atoms with Gasteiger partial charge in [-0.2, -0.15) is 5.10 Å². The molecule has 2 aromatic heterocycles. The Labute approximate surface area is 170 Å². The van der Waals surface area contributed by atoms with E-state index in [2.05, 4.69) is 22.7 Å². The Morgan fingerprint density at radius 2 is 2.07 bits per heavy atom. The van der Waals surface area contributed by atoms with Gasteiger partial charge in [-0.05, 0) is 45.2 Å². The molecule has 7 nitrogen and oxygen atoms in total. The van der Waals surface area contributed by atoms with Crippen molar-refractivity contribution >= 4 is 22.8 Å². The molecule has 152 valence electrons. The molecule has 1 aromatic carbocycles. The predicted octanol–water partition coefficient (Wildman–Crippen LogP) is 4.06. The number of hydrogen-bond donors (Lipinski definition) is 2. The fourth-order valence-electron chi connectivity index (χ4n) is 3.92. The van der Waals surface area contributed by atoms with Crippen molar-refractivity contribution in [1.82, 2.24) is 20.1 Å². The minimum Gasteiger partial charge on any atom is -0.373 e. The lowest BCUT2D eigenvalue weighted by Gasteiger charge is -2.35. The van der Waals surface area contributed by atoms with Crippen molar-refractivity contribution in [1.29, 1.82) is 0 Å².